The Labute approximate surface area is 154 Å². The molecule has 0 fully saturated rings. The molecule has 0 aliphatic heterocycles. The van der Waals surface area contributed by atoms with Gasteiger partial charge in [-0.1, -0.05) is 40.4 Å². The first-order valence-electron chi connectivity index (χ1n) is 7.85. The highest BCUT2D eigenvalue weighted by molar-refractivity contribution is 14.1. The van der Waals surface area contributed by atoms with Crippen LogP contribution < -0.4 is 9.61 Å². The van der Waals surface area contributed by atoms with Gasteiger partial charge in [-0.2, -0.15) is 0 Å². The van der Waals surface area contributed by atoms with Crippen LogP contribution in [0.2, 0.25) is 37.8 Å². The van der Waals surface area contributed by atoms with Crippen molar-refractivity contribution in [2.45, 2.75) is 58.5 Å². The summed E-state index contributed by atoms with van der Waals surface area (Å²) in [6.45, 7) is 17.2. The summed E-state index contributed by atoms with van der Waals surface area (Å²) in [6, 6.07) is 3.76. The lowest BCUT2D eigenvalue weighted by atomic mass is 10.2. The molecule has 23 heavy (non-hydrogen) atoms. The average Bonchev–Trinajstić information content (AvgIpc) is 2.65. The minimum Gasteiger partial charge on any atom is -0.542 e. The predicted molar refractivity (Wildman–Crippen MR) is 110 cm³/mol. The predicted octanol–water partition coefficient (Wildman–Crippen LogP) is 6.11. The molecular weight excluding hydrogens is 438 g/mol. The number of fused-ring (bicyclic) bond motifs is 1. The normalized spacial score (nSPS) is 13.7. The summed E-state index contributed by atoms with van der Waals surface area (Å²) in [4.78, 5) is 0. The van der Waals surface area contributed by atoms with Crippen molar-refractivity contribution >= 4 is 55.1 Å². The molecule has 0 aliphatic carbocycles. The van der Waals surface area contributed by atoms with E-state index in [1.54, 1.807) is 6.07 Å². The van der Waals surface area contributed by atoms with Crippen molar-refractivity contribution in [1.29, 1.82) is 0 Å². The molecule has 1 heterocycles. The van der Waals surface area contributed by atoms with Crippen molar-refractivity contribution < 1.29 is 13.2 Å². The lowest BCUT2D eigenvalue weighted by molar-refractivity contribution is 0.459. The van der Waals surface area contributed by atoms with Gasteiger partial charge in [0.2, 0.25) is 0 Å². The topological polar surface area (TPSA) is 22.4 Å². The Hall–Kier alpha value is -0.346. The molecule has 0 saturated carbocycles. The van der Waals surface area contributed by atoms with E-state index < -0.39 is 16.4 Å². The molecule has 0 N–H and O–H groups in total. The largest absolute Gasteiger partial charge is 0.542 e. The number of hydrogen-bond acceptors (Lipinski definition) is 2. The second-order valence-corrected chi connectivity index (χ2v) is 19.4. The van der Waals surface area contributed by atoms with E-state index in [1.165, 1.54) is 0 Å². The molecule has 0 unspecified atom stereocenters. The van der Waals surface area contributed by atoms with Crippen molar-refractivity contribution in [3.05, 3.63) is 21.7 Å². The highest BCUT2D eigenvalue weighted by Crippen LogP contribution is 2.39. The Bertz CT molecular complexity index is 740. The van der Waals surface area contributed by atoms with Crippen LogP contribution in [0.15, 0.2) is 16.5 Å². The van der Waals surface area contributed by atoms with Gasteiger partial charge in [-0.25, -0.2) is 4.39 Å². The zero-order valence-corrected chi connectivity index (χ0v) is 19.4. The second-order valence-electron chi connectivity index (χ2n) is 8.64. The Balaban J connectivity index is 2.69. The lowest BCUT2D eigenvalue weighted by Crippen LogP contribution is -2.45. The number of halogens is 2. The summed E-state index contributed by atoms with van der Waals surface area (Å²) in [5.41, 5.74) is 0.689. The standard InChI is InChI=1S/C17H26FIO2Si2/c1-17(2,3)23(7,8)21-12-9-11-10-13(19)20-15(11)16(14(12)18)22(4,5)6/h9-10H,1-8H3. The molecule has 0 bridgehead atoms. The maximum absolute atomic E-state index is 15.3. The fourth-order valence-corrected chi connectivity index (χ4v) is 5.49. The van der Waals surface area contributed by atoms with Crippen molar-refractivity contribution in [2.75, 3.05) is 0 Å². The molecule has 2 nitrogen and oxygen atoms in total. The lowest BCUT2D eigenvalue weighted by Gasteiger charge is -2.37. The third-order valence-electron chi connectivity index (χ3n) is 4.60. The number of benzene rings is 1. The van der Waals surface area contributed by atoms with Gasteiger partial charge in [-0.15, -0.1) is 0 Å². The molecule has 128 valence electrons. The van der Waals surface area contributed by atoms with Crippen LogP contribution in [0.1, 0.15) is 20.8 Å². The molecule has 0 radical (unpaired) electrons. The first-order chi connectivity index (χ1) is 10.2. The van der Waals surface area contributed by atoms with Gasteiger partial charge in [0.15, 0.2) is 9.58 Å². The fourth-order valence-electron chi connectivity index (χ4n) is 2.28. The van der Waals surface area contributed by atoms with Crippen molar-refractivity contribution in [3.63, 3.8) is 0 Å². The summed E-state index contributed by atoms with van der Waals surface area (Å²) >= 11 is 2.14. The number of rotatable bonds is 3. The minimum atomic E-state index is -2.10. The summed E-state index contributed by atoms with van der Waals surface area (Å²) in [5, 5.41) is 1.69. The van der Waals surface area contributed by atoms with Gasteiger partial charge in [0.25, 0.3) is 8.32 Å². The molecule has 2 rings (SSSR count). The van der Waals surface area contributed by atoms with E-state index in [1.807, 2.05) is 6.07 Å². The molecule has 1 aromatic heterocycles. The van der Waals surface area contributed by atoms with Gasteiger partial charge in [-0.3, -0.25) is 0 Å². The van der Waals surface area contributed by atoms with Crippen LogP contribution >= 0.6 is 22.6 Å². The zero-order valence-electron chi connectivity index (χ0n) is 15.2. The maximum Gasteiger partial charge on any atom is 0.250 e. The van der Waals surface area contributed by atoms with Crippen LogP contribution in [0.25, 0.3) is 11.0 Å². The molecule has 0 spiro atoms. The van der Waals surface area contributed by atoms with E-state index in [4.69, 9.17) is 8.84 Å². The van der Waals surface area contributed by atoms with Crippen molar-refractivity contribution in [3.8, 4) is 5.75 Å². The number of furan rings is 1. The van der Waals surface area contributed by atoms with Crippen LogP contribution in [0, 0.1) is 9.58 Å². The molecule has 0 atom stereocenters. The molecule has 0 amide bonds. The van der Waals surface area contributed by atoms with Gasteiger partial charge in [-0.05, 0) is 52.9 Å². The van der Waals surface area contributed by atoms with E-state index in [9.17, 15) is 0 Å². The van der Waals surface area contributed by atoms with Gasteiger partial charge in [0, 0.05) is 10.6 Å². The van der Waals surface area contributed by atoms with Crippen LogP contribution in [-0.4, -0.2) is 16.4 Å². The summed E-state index contributed by atoms with van der Waals surface area (Å²) in [6.07, 6.45) is 0. The van der Waals surface area contributed by atoms with Crippen LogP contribution in [0.3, 0.4) is 0 Å². The van der Waals surface area contributed by atoms with Crippen LogP contribution in [-0.2, 0) is 0 Å². The molecule has 0 saturated heterocycles. The van der Waals surface area contributed by atoms with Gasteiger partial charge >= 0.3 is 0 Å². The third kappa shape index (κ3) is 3.68. The van der Waals surface area contributed by atoms with Gasteiger partial charge in [0.05, 0.1) is 8.07 Å². The maximum atomic E-state index is 15.3. The van der Waals surface area contributed by atoms with E-state index in [-0.39, 0.29) is 10.9 Å². The monoisotopic (exact) mass is 464 g/mol. The number of hydrogen-bond donors (Lipinski definition) is 0. The Morgan fingerprint density at radius 3 is 2.13 bits per heavy atom. The van der Waals surface area contributed by atoms with Gasteiger partial charge in [0.1, 0.15) is 11.3 Å². The fraction of sp³-hybridized carbons (Fsp3) is 0.529. The third-order valence-corrected chi connectivity index (χ3v) is 11.4. The summed E-state index contributed by atoms with van der Waals surface area (Å²) in [7, 11) is -4.02. The first-order valence-corrected chi connectivity index (χ1v) is 15.3. The van der Waals surface area contributed by atoms with E-state index in [2.05, 4.69) is 76.1 Å². The SMILES string of the molecule is CC(C)(C)[Si](C)(C)Oc1cc2cc(I)oc2c([Si](C)(C)C)c1F. The van der Waals surface area contributed by atoms with Crippen LogP contribution in [0.5, 0.6) is 5.75 Å². The first kappa shape index (κ1) is 19.0. The Morgan fingerprint density at radius 2 is 1.65 bits per heavy atom. The Morgan fingerprint density at radius 1 is 1.09 bits per heavy atom. The zero-order chi connectivity index (χ0) is 17.8. The van der Waals surface area contributed by atoms with Crippen molar-refractivity contribution in [1.82, 2.24) is 0 Å². The molecule has 2 aromatic rings. The summed E-state index contributed by atoms with van der Waals surface area (Å²) in [5.74, 6) is 0.158. The molecule has 0 aliphatic rings. The van der Waals surface area contributed by atoms with Crippen molar-refractivity contribution in [2.24, 2.45) is 0 Å². The van der Waals surface area contributed by atoms with E-state index in [0.29, 0.717) is 11.3 Å². The van der Waals surface area contributed by atoms with Crippen LogP contribution in [0.4, 0.5) is 4.39 Å². The quantitative estimate of drug-likeness (QED) is 0.404. The van der Waals surface area contributed by atoms with E-state index in [0.717, 1.165) is 14.3 Å². The highest BCUT2D eigenvalue weighted by atomic mass is 127. The second kappa shape index (κ2) is 5.87. The molecule has 1 aromatic carbocycles. The smallest absolute Gasteiger partial charge is 0.250 e. The summed E-state index contributed by atoms with van der Waals surface area (Å²) < 4.78 is 28.2. The van der Waals surface area contributed by atoms with E-state index >= 15 is 4.39 Å². The average molecular weight is 464 g/mol. The Kier molecular flexibility index (Phi) is 4.85. The molecular formula is C17H26FIO2Si2. The highest BCUT2D eigenvalue weighted by Gasteiger charge is 2.40. The molecule has 6 heteroatoms. The van der Waals surface area contributed by atoms with Gasteiger partial charge < -0.3 is 8.84 Å². The minimum absolute atomic E-state index is 0.0263.